The van der Waals surface area contributed by atoms with Crippen LogP contribution in [0.4, 0.5) is 14.5 Å². The number of benzene rings is 2. The number of hydrogen-bond acceptors (Lipinski definition) is 4. The highest BCUT2D eigenvalue weighted by atomic mass is 32.2. The summed E-state index contributed by atoms with van der Waals surface area (Å²) in [4.78, 5) is 2.60. The summed E-state index contributed by atoms with van der Waals surface area (Å²) >= 11 is 1.66. The van der Waals surface area contributed by atoms with Gasteiger partial charge in [-0.05, 0) is 67.8 Å². The topological polar surface area (TPSA) is 24.5 Å². The normalized spacial score (nSPS) is 16.8. The molecule has 0 amide bonds. The molecule has 1 N–H and O–H groups in total. The lowest BCUT2D eigenvalue weighted by Gasteiger charge is -2.30. The van der Waals surface area contributed by atoms with Crippen molar-refractivity contribution in [2.75, 3.05) is 44.3 Å². The number of nitrogens with one attached hydrogen (secondary N) is 1. The summed E-state index contributed by atoms with van der Waals surface area (Å²) in [6.07, 6.45) is 10.2. The number of ether oxygens (including phenoxy) is 1. The Hall–Kier alpha value is -1.57. The fraction of sp³-hybridized carbons (Fsp3) is 0.657. The van der Waals surface area contributed by atoms with Crippen LogP contribution in [-0.2, 0) is 10.7 Å². The second kappa shape index (κ2) is 19.7. The van der Waals surface area contributed by atoms with Crippen LogP contribution >= 0.6 is 11.6 Å². The number of halogens is 2. The molecule has 1 saturated carbocycles. The molecular weight excluding hydrogens is 545 g/mol. The Balaban J connectivity index is 0.000000290. The van der Waals surface area contributed by atoms with Crippen LogP contribution in [0, 0.1) is 24.7 Å². The van der Waals surface area contributed by atoms with Crippen molar-refractivity contribution in [2.45, 2.75) is 92.4 Å². The van der Waals surface area contributed by atoms with E-state index in [1.165, 1.54) is 44.2 Å². The zero-order valence-corrected chi connectivity index (χ0v) is 28.2. The Morgan fingerprint density at radius 2 is 1.64 bits per heavy atom. The van der Waals surface area contributed by atoms with Gasteiger partial charge in [0.15, 0.2) is 0 Å². The van der Waals surface area contributed by atoms with Crippen molar-refractivity contribution in [1.29, 1.82) is 0 Å². The van der Waals surface area contributed by atoms with Crippen molar-refractivity contribution in [2.24, 2.45) is 17.8 Å². The van der Waals surface area contributed by atoms with Gasteiger partial charge in [0.2, 0.25) is 0 Å². The number of nitrogens with zero attached hydrogens (tertiary/aromatic N) is 1. The lowest BCUT2D eigenvalue weighted by molar-refractivity contribution is -0.0285. The molecule has 2 unspecified atom stereocenters. The number of alkyl halides is 2. The first-order chi connectivity index (χ1) is 20.3. The molecule has 2 aromatic carbocycles. The van der Waals surface area contributed by atoms with Crippen molar-refractivity contribution in [3.05, 3.63) is 59.7 Å². The second-order valence-electron chi connectivity index (χ2n) is 11.8. The van der Waals surface area contributed by atoms with E-state index in [0.717, 1.165) is 49.3 Å². The molecule has 4 rings (SSSR count). The third-order valence-corrected chi connectivity index (χ3v) is 9.30. The van der Waals surface area contributed by atoms with Crippen molar-refractivity contribution in [3.8, 4) is 0 Å². The van der Waals surface area contributed by atoms with E-state index in [1.807, 2.05) is 50.4 Å². The fourth-order valence-corrected chi connectivity index (χ4v) is 6.00. The molecule has 0 bridgehead atoms. The molecule has 2 aliphatic rings. The molecule has 1 saturated heterocycles. The molecule has 2 fully saturated rings. The minimum Gasteiger partial charge on any atom is -0.415 e. The Kier molecular flexibility index (Phi) is 17.1. The molecule has 1 heterocycles. The van der Waals surface area contributed by atoms with Gasteiger partial charge in [0.1, 0.15) is 0 Å². The van der Waals surface area contributed by atoms with Crippen molar-refractivity contribution < 1.29 is 13.5 Å². The van der Waals surface area contributed by atoms with Gasteiger partial charge in [-0.3, -0.25) is 4.90 Å². The maximum atomic E-state index is 14.1. The highest BCUT2D eigenvalue weighted by molar-refractivity contribution is 8.26. The van der Waals surface area contributed by atoms with Gasteiger partial charge < -0.3 is 9.96 Å². The molecule has 0 aromatic heterocycles. The smallest absolute Gasteiger partial charge is 0.355 e. The summed E-state index contributed by atoms with van der Waals surface area (Å²) in [7, 11) is 0. The SMILES string of the molecule is CC.CCCC(CCC(C)CC)CN1CCOCC1.CSB(Nc1ccccc1C)c1ccc(C(F)(F)C2CC2)cc1. The number of hydrogen-bond donors (Lipinski definition) is 1. The average molecular weight is 603 g/mol. The first-order valence-corrected chi connectivity index (χ1v) is 17.7. The van der Waals surface area contributed by atoms with Crippen molar-refractivity contribution >= 4 is 28.9 Å². The van der Waals surface area contributed by atoms with E-state index in [0.29, 0.717) is 12.8 Å². The molecule has 0 spiro atoms. The molecule has 2 atom stereocenters. The molecule has 42 heavy (non-hydrogen) atoms. The van der Waals surface area contributed by atoms with E-state index >= 15 is 0 Å². The van der Waals surface area contributed by atoms with Gasteiger partial charge in [-0.15, -0.1) is 0 Å². The highest BCUT2D eigenvalue weighted by Gasteiger charge is 2.47. The van der Waals surface area contributed by atoms with Gasteiger partial charge in [0, 0.05) is 36.8 Å². The van der Waals surface area contributed by atoms with Crippen LogP contribution in [0.3, 0.4) is 0 Å². The number of para-hydroxylation sites is 1. The first-order valence-electron chi connectivity index (χ1n) is 16.4. The maximum absolute atomic E-state index is 14.1. The maximum Gasteiger partial charge on any atom is 0.355 e. The molecule has 3 nitrogen and oxygen atoms in total. The Morgan fingerprint density at radius 3 is 2.19 bits per heavy atom. The monoisotopic (exact) mass is 602 g/mol. The van der Waals surface area contributed by atoms with Crippen LogP contribution in [0.1, 0.15) is 90.7 Å². The summed E-state index contributed by atoms with van der Waals surface area (Å²) in [5.41, 5.74) is 3.39. The molecular formula is C35H57BF2N2OS. The largest absolute Gasteiger partial charge is 0.415 e. The number of aryl methyl sites for hydroxylation is 1. The molecule has 1 aliphatic carbocycles. The highest BCUT2D eigenvalue weighted by Crippen LogP contribution is 2.49. The lowest BCUT2D eigenvalue weighted by atomic mass is 9.79. The molecule has 2 aromatic rings. The Morgan fingerprint density at radius 1 is 1.00 bits per heavy atom. The van der Waals surface area contributed by atoms with E-state index < -0.39 is 11.8 Å². The zero-order chi connectivity index (χ0) is 31.0. The molecule has 0 radical (unpaired) electrons. The summed E-state index contributed by atoms with van der Waals surface area (Å²) in [5.74, 6) is -1.34. The minimum atomic E-state index is -2.68. The third kappa shape index (κ3) is 12.2. The van der Waals surface area contributed by atoms with Crippen LogP contribution in [-0.4, -0.2) is 50.1 Å². The van der Waals surface area contributed by atoms with Crippen LogP contribution < -0.4 is 10.7 Å². The first kappa shape index (κ1) is 36.6. The second-order valence-corrected chi connectivity index (χ2v) is 12.7. The van der Waals surface area contributed by atoms with Gasteiger partial charge in [-0.1, -0.05) is 96.3 Å². The van der Waals surface area contributed by atoms with Crippen molar-refractivity contribution in [1.82, 2.24) is 4.90 Å². The molecule has 1 aliphatic heterocycles. The predicted molar refractivity (Wildman–Crippen MR) is 182 cm³/mol. The molecule has 236 valence electrons. The molecule has 7 heteroatoms. The number of rotatable bonds is 14. The standard InChI is InChI=1S/C18H20BF2NS.C15H31NO.C2H6/c1-13-5-3-4-6-17(13)22-19(23-2)16-11-9-15(10-12-16)18(20,21)14-7-8-14;1-4-6-15(8-7-14(3)5-2)13-16-9-11-17-12-10-16;1-2/h3-6,9-12,14,22H,7-8H2,1-2H3;14-15H,4-13H2,1-3H3;1-2H3. The van der Waals surface area contributed by atoms with Gasteiger partial charge in [0.25, 0.3) is 5.92 Å². The van der Waals surface area contributed by atoms with Gasteiger partial charge >= 0.3 is 6.13 Å². The zero-order valence-electron chi connectivity index (χ0n) is 27.4. The predicted octanol–water partition coefficient (Wildman–Crippen LogP) is 9.25. The quantitative estimate of drug-likeness (QED) is 0.218. The Bertz CT molecular complexity index is 983. The lowest BCUT2D eigenvalue weighted by Crippen LogP contribution is -2.39. The fourth-order valence-electron chi connectivity index (χ4n) is 5.32. The van der Waals surface area contributed by atoms with Crippen molar-refractivity contribution in [3.63, 3.8) is 0 Å². The van der Waals surface area contributed by atoms with Gasteiger partial charge in [-0.2, -0.15) is 11.6 Å². The van der Waals surface area contributed by atoms with Crippen LogP contribution in [0.2, 0.25) is 0 Å². The third-order valence-electron chi connectivity index (χ3n) is 8.44. The minimum absolute atomic E-state index is 0.0414. The van der Waals surface area contributed by atoms with Crippen LogP contribution in [0.15, 0.2) is 48.5 Å². The summed E-state index contributed by atoms with van der Waals surface area (Å²) in [6, 6.07) is 14.9. The summed E-state index contributed by atoms with van der Waals surface area (Å²) in [5, 5.41) is 3.48. The summed E-state index contributed by atoms with van der Waals surface area (Å²) < 4.78 is 33.7. The van der Waals surface area contributed by atoms with Gasteiger partial charge in [0.05, 0.1) is 13.2 Å². The van der Waals surface area contributed by atoms with Gasteiger partial charge in [-0.25, -0.2) is 8.78 Å². The van der Waals surface area contributed by atoms with E-state index in [4.69, 9.17) is 4.74 Å². The van der Waals surface area contributed by atoms with E-state index in [1.54, 1.807) is 23.7 Å². The number of anilines is 1. The average Bonchev–Trinajstić information content (AvgIpc) is 3.88. The summed E-state index contributed by atoms with van der Waals surface area (Å²) in [6.45, 7) is 18.5. The Labute approximate surface area is 261 Å². The van der Waals surface area contributed by atoms with E-state index in [-0.39, 0.29) is 11.7 Å². The number of morpholine rings is 1. The van der Waals surface area contributed by atoms with Crippen LogP contribution in [0.25, 0.3) is 0 Å². The van der Waals surface area contributed by atoms with E-state index in [2.05, 4.69) is 43.9 Å². The van der Waals surface area contributed by atoms with E-state index in [9.17, 15) is 8.78 Å². The van der Waals surface area contributed by atoms with Crippen LogP contribution in [0.5, 0.6) is 0 Å².